The van der Waals surface area contributed by atoms with Gasteiger partial charge in [-0.15, -0.1) is 0 Å². The average Bonchev–Trinajstić information content (AvgIpc) is 2.82. The minimum absolute atomic E-state index is 0.136. The number of hydrogen-bond acceptors (Lipinski definition) is 5. The number of ketones is 1. The van der Waals surface area contributed by atoms with Crippen LogP contribution < -0.4 is 14.2 Å². The molecule has 0 aliphatic carbocycles. The number of ether oxygens (including phenoxy) is 3. The molecule has 0 amide bonds. The number of rotatable bonds is 8. The second kappa shape index (κ2) is 10.6. The van der Waals surface area contributed by atoms with Gasteiger partial charge in [0.25, 0.3) is 0 Å². The van der Waals surface area contributed by atoms with Crippen molar-refractivity contribution in [2.24, 2.45) is 0 Å². The van der Waals surface area contributed by atoms with Gasteiger partial charge >= 0.3 is 5.97 Å². The smallest absolute Gasteiger partial charge is 0.336 e. The van der Waals surface area contributed by atoms with Gasteiger partial charge in [0.15, 0.2) is 17.3 Å². The van der Waals surface area contributed by atoms with Crippen LogP contribution in [0.2, 0.25) is 0 Å². The zero-order valence-electron chi connectivity index (χ0n) is 17.3. The van der Waals surface area contributed by atoms with Gasteiger partial charge in [-0.3, -0.25) is 4.79 Å². The van der Waals surface area contributed by atoms with Crippen molar-refractivity contribution in [3.63, 3.8) is 0 Å². The zero-order valence-corrected chi connectivity index (χ0v) is 17.3. The van der Waals surface area contributed by atoms with Crippen molar-refractivity contribution in [1.82, 2.24) is 0 Å². The minimum atomic E-state index is -0.514. The predicted octanol–water partition coefficient (Wildman–Crippen LogP) is 5.22. The summed E-state index contributed by atoms with van der Waals surface area (Å²) in [5.41, 5.74) is 2.19. The first-order valence-electron chi connectivity index (χ1n) is 9.58. The molecule has 156 valence electrons. The first-order valence-corrected chi connectivity index (χ1v) is 9.58. The van der Waals surface area contributed by atoms with E-state index in [4.69, 9.17) is 14.2 Å². The third-order valence-electron chi connectivity index (χ3n) is 4.41. The molecule has 3 aromatic carbocycles. The lowest BCUT2D eigenvalue weighted by atomic mass is 10.1. The van der Waals surface area contributed by atoms with Crippen LogP contribution in [0.5, 0.6) is 17.2 Å². The highest BCUT2D eigenvalue weighted by atomic mass is 16.6. The van der Waals surface area contributed by atoms with E-state index < -0.39 is 5.97 Å². The number of benzene rings is 3. The summed E-state index contributed by atoms with van der Waals surface area (Å²) in [6.45, 7) is 0. The van der Waals surface area contributed by atoms with Crippen LogP contribution in [0.1, 0.15) is 21.5 Å². The molecule has 3 rings (SSSR count). The number of methoxy groups -OCH3 is 2. The molecular formula is C26H22O5. The molecule has 0 unspecified atom stereocenters. The van der Waals surface area contributed by atoms with Gasteiger partial charge in [0.1, 0.15) is 5.75 Å². The van der Waals surface area contributed by atoms with Crippen molar-refractivity contribution in [3.8, 4) is 17.2 Å². The van der Waals surface area contributed by atoms with Crippen molar-refractivity contribution >= 4 is 23.9 Å². The lowest BCUT2D eigenvalue weighted by Crippen LogP contribution is -2.05. The molecule has 0 saturated carbocycles. The normalized spacial score (nSPS) is 10.9. The quantitative estimate of drug-likeness (QED) is 0.219. The van der Waals surface area contributed by atoms with Crippen molar-refractivity contribution in [1.29, 1.82) is 0 Å². The summed E-state index contributed by atoms with van der Waals surface area (Å²) in [7, 11) is 3.06. The molecule has 0 atom stereocenters. The second-order valence-electron chi connectivity index (χ2n) is 6.50. The highest BCUT2D eigenvalue weighted by Gasteiger charge is 2.09. The van der Waals surface area contributed by atoms with E-state index in [1.54, 1.807) is 61.7 Å². The number of allylic oxidation sites excluding steroid dienone is 1. The molecule has 0 aliphatic heterocycles. The summed E-state index contributed by atoms with van der Waals surface area (Å²) in [6, 6.07) is 21.4. The summed E-state index contributed by atoms with van der Waals surface area (Å²) in [6.07, 6.45) is 6.19. The maximum atomic E-state index is 12.3. The molecule has 0 bridgehead atoms. The van der Waals surface area contributed by atoms with Crippen LogP contribution in [0.15, 0.2) is 84.9 Å². The van der Waals surface area contributed by atoms with Gasteiger partial charge in [0.05, 0.1) is 14.2 Å². The van der Waals surface area contributed by atoms with Crippen LogP contribution in [0.4, 0.5) is 0 Å². The van der Waals surface area contributed by atoms with Crippen molar-refractivity contribution in [2.45, 2.75) is 0 Å². The van der Waals surface area contributed by atoms with Crippen LogP contribution in [0, 0.1) is 0 Å². The molecule has 0 N–H and O–H groups in total. The first-order chi connectivity index (χ1) is 15.1. The van der Waals surface area contributed by atoms with Crippen LogP contribution in [-0.2, 0) is 4.79 Å². The largest absolute Gasteiger partial charge is 0.497 e. The first kappa shape index (κ1) is 21.6. The SMILES string of the molecule is COc1ccc(C(=O)/C=C/c2ccc(OC(=O)/C=C/c3ccccc3)c(OC)c2)cc1. The fraction of sp³-hybridized carbons (Fsp3) is 0.0769. The van der Waals surface area contributed by atoms with Gasteiger partial charge in [0, 0.05) is 11.6 Å². The van der Waals surface area contributed by atoms with Gasteiger partial charge in [-0.25, -0.2) is 4.79 Å². The molecule has 0 heterocycles. The van der Waals surface area contributed by atoms with E-state index in [1.165, 1.54) is 19.3 Å². The molecule has 0 fully saturated rings. The molecule has 0 saturated heterocycles. The third kappa shape index (κ3) is 6.18. The number of carbonyl (C=O) groups is 2. The Kier molecular flexibility index (Phi) is 7.38. The minimum Gasteiger partial charge on any atom is -0.497 e. The Balaban J connectivity index is 1.67. The van der Waals surface area contributed by atoms with E-state index in [2.05, 4.69) is 0 Å². The van der Waals surface area contributed by atoms with Crippen molar-refractivity contribution in [3.05, 3.63) is 102 Å². The highest BCUT2D eigenvalue weighted by Crippen LogP contribution is 2.29. The monoisotopic (exact) mass is 414 g/mol. The molecule has 0 spiro atoms. The van der Waals surface area contributed by atoms with E-state index in [-0.39, 0.29) is 5.78 Å². The Morgan fingerprint density at radius 1 is 0.710 bits per heavy atom. The average molecular weight is 414 g/mol. The molecule has 0 aliphatic rings. The van der Waals surface area contributed by atoms with Crippen LogP contribution in [0.25, 0.3) is 12.2 Å². The third-order valence-corrected chi connectivity index (χ3v) is 4.41. The molecule has 31 heavy (non-hydrogen) atoms. The van der Waals surface area contributed by atoms with Gasteiger partial charge in [-0.2, -0.15) is 0 Å². The van der Waals surface area contributed by atoms with E-state index >= 15 is 0 Å². The fourth-order valence-electron chi connectivity index (χ4n) is 2.77. The lowest BCUT2D eigenvalue weighted by molar-refractivity contribution is -0.129. The summed E-state index contributed by atoms with van der Waals surface area (Å²) in [5, 5.41) is 0. The van der Waals surface area contributed by atoms with E-state index in [9.17, 15) is 9.59 Å². The second-order valence-corrected chi connectivity index (χ2v) is 6.50. The molecule has 3 aromatic rings. The standard InChI is InChI=1S/C26H22O5/c1-29-22-13-11-21(12-14-22)23(27)15-8-20-9-16-24(25(18-20)30-2)31-26(28)17-10-19-6-4-3-5-7-19/h3-18H,1-2H3/b15-8+,17-10+. The summed E-state index contributed by atoms with van der Waals surface area (Å²) in [4.78, 5) is 24.5. The Hall–Kier alpha value is -4.12. The summed E-state index contributed by atoms with van der Waals surface area (Å²) >= 11 is 0. The summed E-state index contributed by atoms with van der Waals surface area (Å²) in [5.74, 6) is 0.724. The lowest BCUT2D eigenvalue weighted by Gasteiger charge is -2.08. The van der Waals surface area contributed by atoms with Gasteiger partial charge < -0.3 is 14.2 Å². The van der Waals surface area contributed by atoms with Crippen LogP contribution in [0.3, 0.4) is 0 Å². The number of esters is 1. The Labute approximate surface area is 181 Å². The maximum Gasteiger partial charge on any atom is 0.336 e. The fourth-order valence-corrected chi connectivity index (χ4v) is 2.77. The topological polar surface area (TPSA) is 61.8 Å². The van der Waals surface area contributed by atoms with Crippen molar-refractivity contribution in [2.75, 3.05) is 14.2 Å². The molecular weight excluding hydrogens is 392 g/mol. The van der Waals surface area contributed by atoms with Gasteiger partial charge in [0.2, 0.25) is 0 Å². The molecule has 5 nitrogen and oxygen atoms in total. The van der Waals surface area contributed by atoms with Gasteiger partial charge in [-0.1, -0.05) is 42.5 Å². The Morgan fingerprint density at radius 2 is 1.42 bits per heavy atom. The Bertz CT molecular complexity index is 1100. The van der Waals surface area contributed by atoms with Crippen molar-refractivity contribution < 1.29 is 23.8 Å². The number of carbonyl (C=O) groups excluding carboxylic acids is 2. The van der Waals surface area contributed by atoms with E-state index in [0.717, 1.165) is 11.1 Å². The van der Waals surface area contributed by atoms with Crippen LogP contribution in [-0.4, -0.2) is 26.0 Å². The molecule has 5 heteroatoms. The molecule has 0 radical (unpaired) electrons. The highest BCUT2D eigenvalue weighted by molar-refractivity contribution is 6.06. The summed E-state index contributed by atoms with van der Waals surface area (Å²) < 4.78 is 15.8. The zero-order chi connectivity index (χ0) is 22.1. The van der Waals surface area contributed by atoms with Gasteiger partial charge in [-0.05, 0) is 59.7 Å². The number of hydrogen-bond donors (Lipinski definition) is 0. The molecule has 0 aromatic heterocycles. The Morgan fingerprint density at radius 3 is 2.10 bits per heavy atom. The van der Waals surface area contributed by atoms with E-state index in [0.29, 0.717) is 22.8 Å². The predicted molar refractivity (Wildman–Crippen MR) is 120 cm³/mol. The van der Waals surface area contributed by atoms with E-state index in [1.807, 2.05) is 30.3 Å². The maximum absolute atomic E-state index is 12.3. The van der Waals surface area contributed by atoms with Crippen LogP contribution >= 0.6 is 0 Å².